The average molecular weight is 266 g/mol. The number of benzene rings is 1. The van der Waals surface area contributed by atoms with Gasteiger partial charge in [0.25, 0.3) is 0 Å². The van der Waals surface area contributed by atoms with Crippen LogP contribution in [0.5, 0.6) is 0 Å². The molecule has 3 heteroatoms. The molecule has 3 aromatic rings. The third kappa shape index (κ3) is 2.58. The Bertz CT molecular complexity index is 703. The van der Waals surface area contributed by atoms with E-state index in [2.05, 4.69) is 41.5 Å². The van der Waals surface area contributed by atoms with Crippen LogP contribution in [0.2, 0.25) is 0 Å². The molecule has 102 valence electrons. The summed E-state index contributed by atoms with van der Waals surface area (Å²) < 4.78 is 5.97. The number of likely N-dealkylation sites (N-methyl/N-ethyl adjacent to an activating group) is 1. The van der Waals surface area contributed by atoms with Crippen LogP contribution in [0, 0.1) is 6.92 Å². The number of nitrogens with zero attached hydrogens (tertiary/aromatic N) is 1. The molecule has 0 fully saturated rings. The van der Waals surface area contributed by atoms with Gasteiger partial charge < -0.3 is 9.73 Å². The number of furan rings is 1. The second kappa shape index (κ2) is 5.47. The van der Waals surface area contributed by atoms with Gasteiger partial charge in [0.15, 0.2) is 0 Å². The fourth-order valence-electron chi connectivity index (χ4n) is 2.45. The van der Waals surface area contributed by atoms with Gasteiger partial charge in [-0.1, -0.05) is 17.7 Å². The summed E-state index contributed by atoms with van der Waals surface area (Å²) >= 11 is 0. The average Bonchev–Trinajstić information content (AvgIpc) is 2.88. The van der Waals surface area contributed by atoms with Crippen molar-refractivity contribution >= 4 is 11.0 Å². The maximum atomic E-state index is 5.97. The summed E-state index contributed by atoms with van der Waals surface area (Å²) in [5.41, 5.74) is 3.39. The van der Waals surface area contributed by atoms with Gasteiger partial charge in [0, 0.05) is 17.8 Å². The second-order valence-corrected chi connectivity index (χ2v) is 5.10. The van der Waals surface area contributed by atoms with Crippen molar-refractivity contribution in [1.29, 1.82) is 0 Å². The first-order chi connectivity index (χ1) is 9.76. The summed E-state index contributed by atoms with van der Waals surface area (Å²) in [6, 6.07) is 12.6. The van der Waals surface area contributed by atoms with Gasteiger partial charge in [-0.3, -0.25) is 4.98 Å². The minimum absolute atomic E-state index is 0.159. The van der Waals surface area contributed by atoms with Crippen molar-refractivity contribution in [2.45, 2.75) is 19.4 Å². The van der Waals surface area contributed by atoms with Crippen LogP contribution in [0.25, 0.3) is 11.0 Å². The molecule has 0 radical (unpaired) electrons. The number of nitrogens with one attached hydrogen (secondary N) is 1. The Morgan fingerprint density at radius 1 is 1.25 bits per heavy atom. The highest BCUT2D eigenvalue weighted by Gasteiger charge is 2.15. The van der Waals surface area contributed by atoms with Gasteiger partial charge in [-0.25, -0.2) is 0 Å². The van der Waals surface area contributed by atoms with E-state index in [1.807, 2.05) is 25.4 Å². The number of pyridine rings is 1. The number of hydrogen-bond donors (Lipinski definition) is 1. The van der Waals surface area contributed by atoms with Crippen LogP contribution in [0.15, 0.2) is 53.2 Å². The molecule has 0 aliphatic carbocycles. The topological polar surface area (TPSA) is 38.1 Å². The molecule has 0 aliphatic rings. The lowest BCUT2D eigenvalue weighted by atomic mass is 10.1. The van der Waals surface area contributed by atoms with Crippen LogP contribution >= 0.6 is 0 Å². The Labute approximate surface area is 118 Å². The highest BCUT2D eigenvalue weighted by atomic mass is 16.3. The maximum absolute atomic E-state index is 5.97. The largest absolute Gasteiger partial charge is 0.459 e. The summed E-state index contributed by atoms with van der Waals surface area (Å²) in [5, 5.41) is 4.48. The molecule has 1 unspecified atom stereocenters. The lowest BCUT2D eigenvalue weighted by molar-refractivity contribution is 0.450. The number of hydrogen-bond acceptors (Lipinski definition) is 3. The van der Waals surface area contributed by atoms with Crippen molar-refractivity contribution in [3.8, 4) is 0 Å². The monoisotopic (exact) mass is 266 g/mol. The van der Waals surface area contributed by atoms with Gasteiger partial charge in [0.2, 0.25) is 0 Å². The minimum atomic E-state index is 0.159. The van der Waals surface area contributed by atoms with Crippen molar-refractivity contribution < 1.29 is 4.42 Å². The first-order valence-corrected chi connectivity index (χ1v) is 6.82. The van der Waals surface area contributed by atoms with Gasteiger partial charge in [-0.05, 0) is 50.2 Å². The summed E-state index contributed by atoms with van der Waals surface area (Å²) in [6.07, 6.45) is 4.56. The SMILES string of the molecule is CNC(Cc1cccnc1)c1cc2cc(C)ccc2o1. The molecule has 20 heavy (non-hydrogen) atoms. The molecular weight excluding hydrogens is 248 g/mol. The lowest BCUT2D eigenvalue weighted by Gasteiger charge is -2.13. The molecule has 0 aliphatic heterocycles. The van der Waals surface area contributed by atoms with Crippen LogP contribution < -0.4 is 5.32 Å². The summed E-state index contributed by atoms with van der Waals surface area (Å²) in [5.74, 6) is 0.969. The summed E-state index contributed by atoms with van der Waals surface area (Å²) in [7, 11) is 1.96. The van der Waals surface area contributed by atoms with E-state index < -0.39 is 0 Å². The third-order valence-electron chi connectivity index (χ3n) is 3.55. The Balaban J connectivity index is 1.91. The van der Waals surface area contributed by atoms with Gasteiger partial charge in [-0.15, -0.1) is 0 Å². The molecule has 1 N–H and O–H groups in total. The molecule has 0 saturated carbocycles. The molecule has 2 aromatic heterocycles. The number of rotatable bonds is 4. The van der Waals surface area contributed by atoms with Crippen LogP contribution in [0.4, 0.5) is 0 Å². The molecule has 3 rings (SSSR count). The molecule has 0 bridgehead atoms. The second-order valence-electron chi connectivity index (χ2n) is 5.10. The molecule has 1 aromatic carbocycles. The van der Waals surface area contributed by atoms with E-state index in [0.29, 0.717) is 0 Å². The summed E-state index contributed by atoms with van der Waals surface area (Å²) in [4.78, 5) is 4.16. The van der Waals surface area contributed by atoms with E-state index in [-0.39, 0.29) is 6.04 Å². The van der Waals surface area contributed by atoms with E-state index in [1.54, 1.807) is 6.20 Å². The Hall–Kier alpha value is -2.13. The quantitative estimate of drug-likeness (QED) is 0.783. The Morgan fingerprint density at radius 2 is 2.15 bits per heavy atom. The maximum Gasteiger partial charge on any atom is 0.134 e. The fraction of sp³-hybridized carbons (Fsp3) is 0.235. The molecule has 3 nitrogen and oxygen atoms in total. The molecule has 0 amide bonds. The smallest absolute Gasteiger partial charge is 0.134 e. The van der Waals surface area contributed by atoms with Crippen LogP contribution in [0.1, 0.15) is 22.9 Å². The van der Waals surface area contributed by atoms with Crippen molar-refractivity contribution in [2.75, 3.05) is 7.05 Å². The highest BCUT2D eigenvalue weighted by molar-refractivity contribution is 5.78. The van der Waals surface area contributed by atoms with Crippen molar-refractivity contribution in [3.05, 3.63) is 65.7 Å². The molecule has 0 saturated heterocycles. The van der Waals surface area contributed by atoms with E-state index >= 15 is 0 Å². The molecule has 2 heterocycles. The Kier molecular flexibility index (Phi) is 3.52. The zero-order chi connectivity index (χ0) is 13.9. The number of aryl methyl sites for hydroxylation is 1. The molecule has 0 spiro atoms. The van der Waals surface area contributed by atoms with Gasteiger partial charge >= 0.3 is 0 Å². The molecular formula is C17H18N2O. The Morgan fingerprint density at radius 3 is 2.90 bits per heavy atom. The predicted octanol–water partition coefficient (Wildman–Crippen LogP) is 3.64. The van der Waals surface area contributed by atoms with Gasteiger partial charge in [0.1, 0.15) is 11.3 Å². The van der Waals surface area contributed by atoms with E-state index in [1.165, 1.54) is 11.1 Å². The predicted molar refractivity (Wildman–Crippen MR) is 80.7 cm³/mol. The zero-order valence-corrected chi connectivity index (χ0v) is 11.8. The van der Waals surface area contributed by atoms with E-state index in [4.69, 9.17) is 4.42 Å². The number of aromatic nitrogens is 1. The van der Waals surface area contributed by atoms with Crippen LogP contribution in [-0.2, 0) is 6.42 Å². The summed E-state index contributed by atoms with van der Waals surface area (Å²) in [6.45, 7) is 2.09. The van der Waals surface area contributed by atoms with Gasteiger partial charge in [0.05, 0.1) is 6.04 Å². The zero-order valence-electron chi connectivity index (χ0n) is 11.8. The minimum Gasteiger partial charge on any atom is -0.459 e. The van der Waals surface area contributed by atoms with Crippen molar-refractivity contribution in [1.82, 2.24) is 10.3 Å². The first kappa shape index (κ1) is 12.9. The van der Waals surface area contributed by atoms with Crippen LogP contribution in [0.3, 0.4) is 0 Å². The van der Waals surface area contributed by atoms with Crippen LogP contribution in [-0.4, -0.2) is 12.0 Å². The normalized spacial score (nSPS) is 12.7. The molecule has 1 atom stereocenters. The fourth-order valence-corrected chi connectivity index (χ4v) is 2.45. The standard InChI is InChI=1S/C17H18N2O/c1-12-5-6-16-14(8-12)10-17(20-16)15(18-2)9-13-4-3-7-19-11-13/h3-8,10-11,15,18H,9H2,1-2H3. The van der Waals surface area contributed by atoms with Crippen molar-refractivity contribution in [2.24, 2.45) is 0 Å². The first-order valence-electron chi connectivity index (χ1n) is 6.82. The highest BCUT2D eigenvalue weighted by Crippen LogP contribution is 2.26. The third-order valence-corrected chi connectivity index (χ3v) is 3.55. The van der Waals surface area contributed by atoms with E-state index in [0.717, 1.165) is 23.2 Å². The van der Waals surface area contributed by atoms with Crippen molar-refractivity contribution in [3.63, 3.8) is 0 Å². The van der Waals surface area contributed by atoms with E-state index in [9.17, 15) is 0 Å². The van der Waals surface area contributed by atoms with Gasteiger partial charge in [-0.2, -0.15) is 0 Å². The number of fused-ring (bicyclic) bond motifs is 1. The lowest BCUT2D eigenvalue weighted by Crippen LogP contribution is -2.18.